The minimum atomic E-state index is 1.15. The number of hydrogen-bond donors (Lipinski definition) is 0. The smallest absolute Gasteiger partial charge is 0.128 e. The Morgan fingerprint density at radius 1 is 1.07 bits per heavy atom. The summed E-state index contributed by atoms with van der Waals surface area (Å²) >= 11 is 0. The molecule has 0 atom stereocenters. The van der Waals surface area contributed by atoms with E-state index in [1.165, 1.54) is 44.3 Å². The first-order valence-electron chi connectivity index (χ1n) is 5.54. The van der Waals surface area contributed by atoms with Crippen LogP contribution in [0, 0.1) is 6.92 Å². The van der Waals surface area contributed by atoms with E-state index in [1.807, 2.05) is 6.20 Å². The van der Waals surface area contributed by atoms with Gasteiger partial charge in [-0.3, -0.25) is 0 Å². The van der Waals surface area contributed by atoms with Crippen LogP contribution in [0.4, 0.5) is 5.82 Å². The standard InChI is InChI=1S/C12H18N2/c1-11-6-7-12(13-10-11)14-8-4-2-3-5-9-14/h6-7,10H,2-5,8-9H2,1H3. The number of aryl methyl sites for hydroxylation is 1. The zero-order valence-corrected chi connectivity index (χ0v) is 8.87. The molecule has 0 aromatic carbocycles. The number of nitrogens with zero attached hydrogens (tertiary/aromatic N) is 2. The van der Waals surface area contributed by atoms with Gasteiger partial charge in [-0.05, 0) is 31.4 Å². The molecule has 1 fully saturated rings. The zero-order chi connectivity index (χ0) is 9.80. The maximum Gasteiger partial charge on any atom is 0.128 e. The van der Waals surface area contributed by atoms with Gasteiger partial charge in [0, 0.05) is 19.3 Å². The fraction of sp³-hybridized carbons (Fsp3) is 0.583. The summed E-state index contributed by atoms with van der Waals surface area (Å²) in [5.41, 5.74) is 1.24. The second-order valence-electron chi connectivity index (χ2n) is 4.10. The zero-order valence-electron chi connectivity index (χ0n) is 8.87. The van der Waals surface area contributed by atoms with Crippen LogP contribution in [0.5, 0.6) is 0 Å². The number of anilines is 1. The molecular weight excluding hydrogens is 172 g/mol. The maximum absolute atomic E-state index is 4.47. The lowest BCUT2D eigenvalue weighted by Crippen LogP contribution is -2.24. The average molecular weight is 190 g/mol. The summed E-state index contributed by atoms with van der Waals surface area (Å²) in [6.07, 6.45) is 7.34. The molecule has 0 spiro atoms. The van der Waals surface area contributed by atoms with Gasteiger partial charge in [-0.1, -0.05) is 18.9 Å². The van der Waals surface area contributed by atoms with Gasteiger partial charge in [0.25, 0.3) is 0 Å². The van der Waals surface area contributed by atoms with E-state index in [-0.39, 0.29) is 0 Å². The predicted octanol–water partition coefficient (Wildman–Crippen LogP) is 2.77. The third-order valence-electron chi connectivity index (χ3n) is 2.83. The molecule has 2 nitrogen and oxygen atoms in total. The highest BCUT2D eigenvalue weighted by Gasteiger charge is 2.09. The van der Waals surface area contributed by atoms with E-state index >= 15 is 0 Å². The minimum absolute atomic E-state index is 1.15. The Morgan fingerprint density at radius 2 is 1.79 bits per heavy atom. The van der Waals surface area contributed by atoms with Crippen LogP contribution >= 0.6 is 0 Å². The predicted molar refractivity (Wildman–Crippen MR) is 59.7 cm³/mol. The monoisotopic (exact) mass is 190 g/mol. The summed E-state index contributed by atoms with van der Waals surface area (Å²) in [6, 6.07) is 4.29. The summed E-state index contributed by atoms with van der Waals surface area (Å²) in [7, 11) is 0. The van der Waals surface area contributed by atoms with E-state index in [2.05, 4.69) is 28.9 Å². The third kappa shape index (κ3) is 2.25. The van der Waals surface area contributed by atoms with Crippen molar-refractivity contribution in [3.63, 3.8) is 0 Å². The summed E-state index contributed by atoms with van der Waals surface area (Å²) < 4.78 is 0. The van der Waals surface area contributed by atoms with Gasteiger partial charge in [0.05, 0.1) is 0 Å². The summed E-state index contributed by atoms with van der Waals surface area (Å²) in [5, 5.41) is 0. The van der Waals surface area contributed by atoms with Gasteiger partial charge >= 0.3 is 0 Å². The third-order valence-corrected chi connectivity index (χ3v) is 2.83. The van der Waals surface area contributed by atoms with Crippen LogP contribution in [0.2, 0.25) is 0 Å². The van der Waals surface area contributed by atoms with Crippen molar-refractivity contribution in [2.75, 3.05) is 18.0 Å². The Labute approximate surface area is 86.0 Å². The first-order valence-corrected chi connectivity index (χ1v) is 5.54. The summed E-state index contributed by atoms with van der Waals surface area (Å²) in [4.78, 5) is 6.88. The van der Waals surface area contributed by atoms with Gasteiger partial charge in [0.1, 0.15) is 5.82 Å². The molecule has 0 unspecified atom stereocenters. The first kappa shape index (κ1) is 9.50. The fourth-order valence-corrected chi connectivity index (χ4v) is 1.95. The molecule has 0 saturated carbocycles. The molecule has 1 aromatic heterocycles. The van der Waals surface area contributed by atoms with Gasteiger partial charge in [-0.15, -0.1) is 0 Å². The number of aromatic nitrogens is 1. The lowest BCUT2D eigenvalue weighted by atomic mass is 10.2. The van der Waals surface area contributed by atoms with Crippen molar-refractivity contribution in [1.29, 1.82) is 0 Å². The van der Waals surface area contributed by atoms with E-state index in [4.69, 9.17) is 0 Å². The van der Waals surface area contributed by atoms with Gasteiger partial charge < -0.3 is 4.90 Å². The topological polar surface area (TPSA) is 16.1 Å². The fourth-order valence-electron chi connectivity index (χ4n) is 1.95. The Morgan fingerprint density at radius 3 is 2.36 bits per heavy atom. The minimum Gasteiger partial charge on any atom is -0.357 e. The average Bonchev–Trinajstić information content (AvgIpc) is 2.47. The highest BCUT2D eigenvalue weighted by molar-refractivity contribution is 5.39. The van der Waals surface area contributed by atoms with Crippen molar-refractivity contribution >= 4 is 5.82 Å². The van der Waals surface area contributed by atoms with Crippen LogP contribution in [0.25, 0.3) is 0 Å². The van der Waals surface area contributed by atoms with Crippen LogP contribution < -0.4 is 4.90 Å². The lowest BCUT2D eigenvalue weighted by Gasteiger charge is -2.21. The van der Waals surface area contributed by atoms with E-state index in [0.29, 0.717) is 0 Å². The van der Waals surface area contributed by atoms with Crippen LogP contribution in [-0.4, -0.2) is 18.1 Å². The van der Waals surface area contributed by atoms with Crippen molar-refractivity contribution in [2.24, 2.45) is 0 Å². The van der Waals surface area contributed by atoms with Gasteiger partial charge in [-0.25, -0.2) is 4.98 Å². The number of pyridine rings is 1. The molecule has 1 aromatic rings. The SMILES string of the molecule is Cc1ccc(N2CCCCCC2)nc1. The van der Waals surface area contributed by atoms with E-state index < -0.39 is 0 Å². The Hall–Kier alpha value is -1.05. The maximum atomic E-state index is 4.47. The van der Waals surface area contributed by atoms with Crippen molar-refractivity contribution in [3.8, 4) is 0 Å². The molecule has 0 aliphatic carbocycles. The summed E-state index contributed by atoms with van der Waals surface area (Å²) in [6.45, 7) is 4.44. The largest absolute Gasteiger partial charge is 0.357 e. The van der Waals surface area contributed by atoms with Gasteiger partial charge in [0.2, 0.25) is 0 Å². The van der Waals surface area contributed by atoms with Crippen LogP contribution in [0.1, 0.15) is 31.2 Å². The summed E-state index contributed by atoms with van der Waals surface area (Å²) in [5.74, 6) is 1.15. The van der Waals surface area contributed by atoms with Crippen LogP contribution in [0.3, 0.4) is 0 Å². The second-order valence-corrected chi connectivity index (χ2v) is 4.10. The van der Waals surface area contributed by atoms with Crippen molar-refractivity contribution < 1.29 is 0 Å². The molecule has 1 aliphatic heterocycles. The second kappa shape index (κ2) is 4.45. The lowest BCUT2D eigenvalue weighted by molar-refractivity contribution is 0.726. The molecule has 2 rings (SSSR count). The highest BCUT2D eigenvalue weighted by atomic mass is 15.2. The van der Waals surface area contributed by atoms with Crippen LogP contribution in [-0.2, 0) is 0 Å². The molecule has 0 amide bonds. The molecule has 1 saturated heterocycles. The Bertz CT molecular complexity index is 271. The highest BCUT2D eigenvalue weighted by Crippen LogP contribution is 2.16. The normalized spacial score (nSPS) is 17.9. The Kier molecular flexibility index (Phi) is 3.02. The quantitative estimate of drug-likeness (QED) is 0.677. The first-order chi connectivity index (χ1) is 6.86. The number of hydrogen-bond acceptors (Lipinski definition) is 2. The molecule has 0 N–H and O–H groups in total. The van der Waals surface area contributed by atoms with Crippen molar-refractivity contribution in [2.45, 2.75) is 32.6 Å². The van der Waals surface area contributed by atoms with E-state index in [9.17, 15) is 0 Å². The molecule has 0 radical (unpaired) electrons. The Balaban J connectivity index is 2.08. The molecule has 14 heavy (non-hydrogen) atoms. The molecule has 76 valence electrons. The molecule has 0 bridgehead atoms. The molecule has 2 heteroatoms. The van der Waals surface area contributed by atoms with E-state index in [0.717, 1.165) is 5.82 Å². The molecule has 2 heterocycles. The molecular formula is C12H18N2. The van der Waals surface area contributed by atoms with E-state index in [1.54, 1.807) is 0 Å². The van der Waals surface area contributed by atoms with Gasteiger partial charge in [0.15, 0.2) is 0 Å². The number of rotatable bonds is 1. The van der Waals surface area contributed by atoms with Crippen molar-refractivity contribution in [3.05, 3.63) is 23.9 Å². The van der Waals surface area contributed by atoms with Gasteiger partial charge in [-0.2, -0.15) is 0 Å². The molecule has 1 aliphatic rings. The van der Waals surface area contributed by atoms with Crippen molar-refractivity contribution in [1.82, 2.24) is 4.98 Å². The van der Waals surface area contributed by atoms with Crippen LogP contribution in [0.15, 0.2) is 18.3 Å².